The Balaban J connectivity index is 1.15. The number of Topliss-reactive ketones (excluding diaryl/α,β-unsaturated/α-hetero) is 1. The van der Waals surface area contributed by atoms with Crippen molar-refractivity contribution < 1.29 is 27.9 Å². The van der Waals surface area contributed by atoms with Crippen LogP contribution in [0.4, 0.5) is 13.2 Å². The third-order valence-electron chi connectivity index (χ3n) is 8.04. The van der Waals surface area contributed by atoms with Gasteiger partial charge in [0.2, 0.25) is 11.9 Å². The molecule has 6 rings (SSSR count). The standard InChI is InChI=1S/C28H25ClF3N5O4S/c29-19-10-15(9-17-16(19)1-2-21(17)38)25-24-18(12-42-25)27(40)36(14-33-24)13-28(41)4-7-35(8-5-28)23(39)11-20(26(31)32)37-6-3-22(30)34-37/h3,6,9-10,12,14,20,26,41H,1-2,4-5,7-8,11,13H2. The number of amides is 1. The first kappa shape index (κ1) is 28.6. The van der Waals surface area contributed by atoms with Crippen LogP contribution in [0.3, 0.4) is 0 Å². The van der Waals surface area contributed by atoms with Gasteiger partial charge in [-0.3, -0.25) is 23.6 Å². The Hall–Kier alpha value is -3.55. The fraction of sp³-hybridized carbons (Fsp3) is 0.393. The predicted octanol–water partition coefficient (Wildman–Crippen LogP) is 4.49. The van der Waals surface area contributed by atoms with Gasteiger partial charge in [-0.05, 0) is 42.5 Å². The van der Waals surface area contributed by atoms with Crippen molar-refractivity contribution in [2.45, 2.75) is 56.7 Å². The minimum absolute atomic E-state index is 0.0352. The van der Waals surface area contributed by atoms with Gasteiger partial charge in [0, 0.05) is 47.7 Å². The zero-order chi connectivity index (χ0) is 29.8. The number of hydrogen-bond donors (Lipinski definition) is 1. The molecule has 1 aromatic carbocycles. The van der Waals surface area contributed by atoms with E-state index in [0.717, 1.165) is 22.5 Å². The van der Waals surface area contributed by atoms with Gasteiger partial charge in [0.25, 0.3) is 12.0 Å². The van der Waals surface area contributed by atoms with Gasteiger partial charge in [0.05, 0.1) is 40.7 Å². The molecule has 1 atom stereocenters. The van der Waals surface area contributed by atoms with E-state index in [4.69, 9.17) is 11.6 Å². The normalized spacial score (nSPS) is 17.3. The van der Waals surface area contributed by atoms with Crippen LogP contribution >= 0.6 is 22.9 Å². The number of fused-ring (bicyclic) bond motifs is 2. The van der Waals surface area contributed by atoms with Crippen LogP contribution < -0.4 is 5.56 Å². The number of ketones is 1. The van der Waals surface area contributed by atoms with E-state index in [1.807, 2.05) is 0 Å². The Morgan fingerprint density at radius 3 is 2.64 bits per heavy atom. The van der Waals surface area contributed by atoms with Gasteiger partial charge >= 0.3 is 0 Å². The summed E-state index contributed by atoms with van der Waals surface area (Å²) in [7, 11) is 0. The number of aliphatic hydroxyl groups is 1. The number of aromatic nitrogens is 4. The maximum absolute atomic E-state index is 13.6. The van der Waals surface area contributed by atoms with Crippen molar-refractivity contribution in [2.75, 3.05) is 13.1 Å². The molecule has 42 heavy (non-hydrogen) atoms. The van der Waals surface area contributed by atoms with Gasteiger partial charge in [-0.1, -0.05) is 11.6 Å². The molecule has 3 aromatic heterocycles. The monoisotopic (exact) mass is 619 g/mol. The Morgan fingerprint density at radius 2 is 1.95 bits per heavy atom. The second-order valence-corrected chi connectivity index (χ2v) is 12.0. The lowest BCUT2D eigenvalue weighted by Gasteiger charge is -2.38. The van der Waals surface area contributed by atoms with Gasteiger partial charge in [-0.25, -0.2) is 13.8 Å². The highest BCUT2D eigenvalue weighted by atomic mass is 35.5. The maximum Gasteiger partial charge on any atom is 0.262 e. The summed E-state index contributed by atoms with van der Waals surface area (Å²) in [4.78, 5) is 45.0. The molecule has 0 bridgehead atoms. The van der Waals surface area contributed by atoms with E-state index < -0.39 is 36.3 Å². The molecule has 9 nitrogen and oxygen atoms in total. The first-order valence-electron chi connectivity index (χ1n) is 13.3. The number of hydrogen-bond acceptors (Lipinski definition) is 7. The highest BCUT2D eigenvalue weighted by molar-refractivity contribution is 7.15. The molecule has 1 aliphatic heterocycles. The molecule has 1 unspecified atom stereocenters. The van der Waals surface area contributed by atoms with Crippen molar-refractivity contribution in [3.63, 3.8) is 0 Å². The number of nitrogens with zero attached hydrogens (tertiary/aromatic N) is 5. The van der Waals surface area contributed by atoms with Crippen LogP contribution in [0.15, 0.2) is 40.9 Å². The molecule has 4 heterocycles. The van der Waals surface area contributed by atoms with Gasteiger partial charge in [-0.2, -0.15) is 4.39 Å². The SMILES string of the molecule is O=C1CCc2c(Cl)cc(-c3scc4c(=O)n(CC5(O)CCN(C(=O)CC(C(F)F)n6ccc(F)n6)CC5)cnc34)cc21. The molecule has 4 aromatic rings. The molecular formula is C28H25ClF3N5O4S. The highest BCUT2D eigenvalue weighted by Gasteiger charge is 2.36. The topological polar surface area (TPSA) is 110 Å². The van der Waals surface area contributed by atoms with Crippen LogP contribution in [-0.4, -0.2) is 66.1 Å². The number of halogens is 4. The molecule has 0 radical (unpaired) electrons. The van der Waals surface area contributed by atoms with E-state index in [2.05, 4.69) is 10.1 Å². The number of carbonyl (C=O) groups is 2. The molecule has 220 valence electrons. The lowest BCUT2D eigenvalue weighted by atomic mass is 9.91. The third-order valence-corrected chi connectivity index (χ3v) is 9.40. The Kier molecular flexibility index (Phi) is 7.44. The van der Waals surface area contributed by atoms with Gasteiger partial charge < -0.3 is 10.0 Å². The second kappa shape index (κ2) is 10.9. The smallest absolute Gasteiger partial charge is 0.262 e. The first-order valence-corrected chi connectivity index (χ1v) is 14.6. The fourth-order valence-corrected chi connectivity index (χ4v) is 6.97. The lowest BCUT2D eigenvalue weighted by Crippen LogP contribution is -2.50. The summed E-state index contributed by atoms with van der Waals surface area (Å²) in [6.45, 7) is 0.139. The highest BCUT2D eigenvalue weighted by Crippen LogP contribution is 2.38. The number of likely N-dealkylation sites (tertiary alicyclic amines) is 1. The van der Waals surface area contributed by atoms with Crippen LogP contribution in [-0.2, 0) is 17.8 Å². The number of piperidine rings is 1. The average molecular weight is 620 g/mol. The first-order chi connectivity index (χ1) is 20.0. The molecule has 1 aliphatic carbocycles. The molecular weight excluding hydrogens is 595 g/mol. The molecule has 1 amide bonds. The summed E-state index contributed by atoms with van der Waals surface area (Å²) >= 11 is 7.77. The largest absolute Gasteiger partial charge is 0.388 e. The van der Waals surface area contributed by atoms with Crippen molar-refractivity contribution in [3.8, 4) is 10.4 Å². The Labute approximate surface area is 246 Å². The molecule has 2 aliphatic rings. The summed E-state index contributed by atoms with van der Waals surface area (Å²) in [5, 5.41) is 17.2. The van der Waals surface area contributed by atoms with E-state index in [9.17, 15) is 32.7 Å². The Morgan fingerprint density at radius 1 is 1.19 bits per heavy atom. The quantitative estimate of drug-likeness (QED) is 0.326. The van der Waals surface area contributed by atoms with Gasteiger partial charge in [0.1, 0.15) is 6.04 Å². The van der Waals surface area contributed by atoms with Crippen molar-refractivity contribution >= 4 is 45.5 Å². The zero-order valence-corrected chi connectivity index (χ0v) is 23.7. The number of rotatable bonds is 7. The van der Waals surface area contributed by atoms with Crippen LogP contribution in [0.5, 0.6) is 0 Å². The molecule has 0 spiro atoms. The fourth-order valence-electron chi connectivity index (χ4n) is 5.68. The molecule has 1 fully saturated rings. The van der Waals surface area contributed by atoms with Crippen LogP contribution in [0.2, 0.25) is 5.02 Å². The Bertz CT molecular complexity index is 1760. The van der Waals surface area contributed by atoms with E-state index in [0.29, 0.717) is 44.8 Å². The number of thiophene rings is 1. The predicted molar refractivity (Wildman–Crippen MR) is 150 cm³/mol. The summed E-state index contributed by atoms with van der Waals surface area (Å²) in [6, 6.07) is 2.91. The molecule has 1 N–H and O–H groups in total. The van der Waals surface area contributed by atoms with Crippen molar-refractivity contribution in [2.24, 2.45) is 0 Å². The van der Waals surface area contributed by atoms with E-state index >= 15 is 0 Å². The lowest BCUT2D eigenvalue weighted by molar-refractivity contribution is -0.138. The van der Waals surface area contributed by atoms with E-state index in [1.54, 1.807) is 17.5 Å². The van der Waals surface area contributed by atoms with Crippen LogP contribution in [0, 0.1) is 5.95 Å². The maximum atomic E-state index is 13.6. The average Bonchev–Trinajstić information content (AvgIpc) is 3.68. The number of alkyl halides is 2. The van der Waals surface area contributed by atoms with Crippen molar-refractivity contribution in [3.05, 3.63) is 68.6 Å². The molecule has 1 saturated heterocycles. The van der Waals surface area contributed by atoms with Crippen LogP contribution in [0.1, 0.15) is 47.6 Å². The summed E-state index contributed by atoms with van der Waals surface area (Å²) in [5.74, 6) is -1.44. The third kappa shape index (κ3) is 5.25. The van der Waals surface area contributed by atoms with Crippen LogP contribution in [0.25, 0.3) is 21.3 Å². The molecule has 0 saturated carbocycles. The van der Waals surface area contributed by atoms with Crippen molar-refractivity contribution in [1.82, 2.24) is 24.2 Å². The number of benzene rings is 1. The van der Waals surface area contributed by atoms with E-state index in [-0.39, 0.29) is 43.8 Å². The van der Waals surface area contributed by atoms with Crippen molar-refractivity contribution in [1.29, 1.82) is 0 Å². The van der Waals surface area contributed by atoms with Gasteiger partial charge in [0.15, 0.2) is 5.78 Å². The summed E-state index contributed by atoms with van der Waals surface area (Å²) in [6.07, 6.45) is 0.210. The zero-order valence-electron chi connectivity index (χ0n) is 22.1. The summed E-state index contributed by atoms with van der Waals surface area (Å²) < 4.78 is 42.4. The summed E-state index contributed by atoms with van der Waals surface area (Å²) in [5.41, 5.74) is 0.950. The minimum Gasteiger partial charge on any atom is -0.388 e. The molecule has 14 heteroatoms. The number of carbonyl (C=O) groups excluding carboxylic acids is 2. The second-order valence-electron chi connectivity index (χ2n) is 10.7. The minimum atomic E-state index is -2.93. The van der Waals surface area contributed by atoms with E-state index in [1.165, 1.54) is 27.1 Å². The van der Waals surface area contributed by atoms with Gasteiger partial charge in [-0.15, -0.1) is 16.4 Å².